The fraction of sp³-hybridized carbons (Fsp3) is 0.167. The highest BCUT2D eigenvalue weighted by molar-refractivity contribution is 6.43. The van der Waals surface area contributed by atoms with Crippen molar-refractivity contribution in [3.8, 4) is 0 Å². The van der Waals surface area contributed by atoms with Gasteiger partial charge in [-0.05, 0) is 13.0 Å². The summed E-state index contributed by atoms with van der Waals surface area (Å²) in [6.45, 7) is 6.00. The van der Waals surface area contributed by atoms with E-state index < -0.39 is 17.7 Å². The number of Topliss-reactive ketones (excluding diaryl/α,β-unsaturated/α-hetero) is 1. The molecule has 0 aromatic heterocycles. The lowest BCUT2D eigenvalue weighted by molar-refractivity contribution is -0.137. The second kappa shape index (κ2) is 3.14. The Morgan fingerprint density at radius 1 is 1.56 bits per heavy atom. The second-order valence-corrected chi connectivity index (χ2v) is 1.45. The summed E-state index contributed by atoms with van der Waals surface area (Å²) in [6.07, 6.45) is -0.619. The molecule has 0 aromatic carbocycles. The number of aliphatic hydroxyl groups excluding tert-OH is 1. The first-order valence-corrected chi connectivity index (χ1v) is 2.31. The zero-order valence-electron chi connectivity index (χ0n) is 4.83. The van der Waals surface area contributed by atoms with E-state index in [4.69, 9.17) is 5.11 Å². The van der Waals surface area contributed by atoms with Crippen molar-refractivity contribution in [2.45, 2.75) is 6.10 Å². The highest BCUT2D eigenvalue weighted by Gasteiger charge is 2.14. The van der Waals surface area contributed by atoms with Crippen LogP contribution in [0.4, 0.5) is 0 Å². The summed E-state index contributed by atoms with van der Waals surface area (Å²) >= 11 is 0. The largest absolute Gasteiger partial charge is 0.385 e. The predicted octanol–water partition coefficient (Wildman–Crippen LogP) is -0.494. The summed E-state index contributed by atoms with van der Waals surface area (Å²) in [5.74, 6) is -1.73. The van der Waals surface area contributed by atoms with Gasteiger partial charge in [0.15, 0.2) is 0 Å². The molecule has 0 saturated heterocycles. The van der Waals surface area contributed by atoms with Gasteiger partial charge in [-0.25, -0.2) is 0 Å². The summed E-state index contributed by atoms with van der Waals surface area (Å²) in [5.41, 5.74) is 0. The SMILES string of the molecule is [CH2]C(O)C(=O)C(=O)C=C. The number of rotatable bonds is 3. The van der Waals surface area contributed by atoms with Crippen molar-refractivity contribution >= 4 is 11.6 Å². The predicted molar refractivity (Wildman–Crippen MR) is 31.6 cm³/mol. The minimum atomic E-state index is -1.46. The van der Waals surface area contributed by atoms with Gasteiger partial charge in [-0.2, -0.15) is 0 Å². The van der Waals surface area contributed by atoms with Crippen molar-refractivity contribution in [2.24, 2.45) is 0 Å². The number of carbonyl (C=O) groups excluding carboxylic acids is 2. The Balaban J connectivity index is 4.04. The summed E-state index contributed by atoms with van der Waals surface area (Å²) in [7, 11) is 0. The Kier molecular flexibility index (Phi) is 2.81. The summed E-state index contributed by atoms with van der Waals surface area (Å²) in [5, 5.41) is 8.39. The molecule has 49 valence electrons. The lowest BCUT2D eigenvalue weighted by Crippen LogP contribution is -2.23. The average molecular weight is 127 g/mol. The molecule has 0 aliphatic carbocycles. The lowest BCUT2D eigenvalue weighted by atomic mass is 10.2. The van der Waals surface area contributed by atoms with Gasteiger partial charge < -0.3 is 5.11 Å². The van der Waals surface area contributed by atoms with E-state index >= 15 is 0 Å². The number of carbonyl (C=O) groups is 2. The van der Waals surface area contributed by atoms with Gasteiger partial charge in [-0.3, -0.25) is 9.59 Å². The molecule has 9 heavy (non-hydrogen) atoms. The molecule has 0 heterocycles. The third-order valence-electron chi connectivity index (χ3n) is 0.731. The van der Waals surface area contributed by atoms with Crippen molar-refractivity contribution in [2.75, 3.05) is 0 Å². The molecule has 0 saturated carbocycles. The maximum absolute atomic E-state index is 10.3. The molecule has 0 rings (SSSR count). The van der Waals surface area contributed by atoms with Crippen LogP contribution in [0.3, 0.4) is 0 Å². The molecule has 1 atom stereocenters. The Bertz CT molecular complexity index is 146. The van der Waals surface area contributed by atoms with Gasteiger partial charge >= 0.3 is 0 Å². The minimum absolute atomic E-state index is 0.808. The Morgan fingerprint density at radius 3 is 2.11 bits per heavy atom. The van der Waals surface area contributed by atoms with Crippen LogP contribution in [0.2, 0.25) is 0 Å². The van der Waals surface area contributed by atoms with Crippen LogP contribution >= 0.6 is 0 Å². The average Bonchev–Trinajstić information content (AvgIpc) is 1.84. The topological polar surface area (TPSA) is 54.4 Å². The van der Waals surface area contributed by atoms with Gasteiger partial charge in [0.25, 0.3) is 0 Å². The van der Waals surface area contributed by atoms with Crippen LogP contribution in [0.25, 0.3) is 0 Å². The molecule has 0 spiro atoms. The molecule has 1 radical (unpaired) electrons. The Hall–Kier alpha value is -0.960. The van der Waals surface area contributed by atoms with E-state index in [0.717, 1.165) is 6.08 Å². The van der Waals surface area contributed by atoms with Crippen LogP contribution in [-0.4, -0.2) is 22.8 Å². The van der Waals surface area contributed by atoms with E-state index in [1.807, 2.05) is 0 Å². The number of ketones is 2. The van der Waals surface area contributed by atoms with E-state index in [1.54, 1.807) is 0 Å². The fourth-order valence-electron chi connectivity index (χ4n) is 0.265. The monoisotopic (exact) mass is 127 g/mol. The van der Waals surface area contributed by atoms with Crippen molar-refractivity contribution in [3.05, 3.63) is 19.6 Å². The molecule has 3 heteroatoms. The summed E-state index contributed by atoms with van der Waals surface area (Å²) < 4.78 is 0. The molecule has 0 amide bonds. The van der Waals surface area contributed by atoms with Crippen molar-refractivity contribution in [1.29, 1.82) is 0 Å². The number of allylic oxidation sites excluding steroid dienone is 1. The minimum Gasteiger partial charge on any atom is -0.385 e. The number of hydrogen-bond acceptors (Lipinski definition) is 3. The van der Waals surface area contributed by atoms with Gasteiger partial charge in [0.05, 0.1) is 0 Å². The van der Waals surface area contributed by atoms with Crippen molar-refractivity contribution < 1.29 is 14.7 Å². The molecule has 3 nitrogen and oxygen atoms in total. The van der Waals surface area contributed by atoms with Crippen LogP contribution in [0, 0.1) is 6.92 Å². The normalized spacial score (nSPS) is 12.2. The molecule has 0 aromatic rings. The maximum atomic E-state index is 10.3. The molecule has 0 aliphatic rings. The summed E-state index contributed by atoms with van der Waals surface area (Å²) in [4.78, 5) is 20.6. The molecule has 1 N–H and O–H groups in total. The molecule has 0 bridgehead atoms. The fourth-order valence-corrected chi connectivity index (χ4v) is 0.265. The first kappa shape index (κ1) is 8.04. The molecular formula is C6H7O3. The highest BCUT2D eigenvalue weighted by atomic mass is 16.3. The van der Waals surface area contributed by atoms with Gasteiger partial charge in [0.2, 0.25) is 11.6 Å². The molecule has 1 unspecified atom stereocenters. The Labute approximate surface area is 53.0 Å². The van der Waals surface area contributed by atoms with Crippen LogP contribution < -0.4 is 0 Å². The zero-order chi connectivity index (χ0) is 7.44. The lowest BCUT2D eigenvalue weighted by Gasteiger charge is -1.95. The van der Waals surface area contributed by atoms with Gasteiger partial charge in [0, 0.05) is 0 Å². The first-order valence-electron chi connectivity index (χ1n) is 2.31. The van der Waals surface area contributed by atoms with Crippen LogP contribution in [-0.2, 0) is 9.59 Å². The third-order valence-corrected chi connectivity index (χ3v) is 0.731. The number of aliphatic hydroxyl groups is 1. The van der Waals surface area contributed by atoms with E-state index in [9.17, 15) is 9.59 Å². The van der Waals surface area contributed by atoms with Crippen LogP contribution in [0.1, 0.15) is 0 Å². The van der Waals surface area contributed by atoms with E-state index in [0.29, 0.717) is 0 Å². The van der Waals surface area contributed by atoms with Gasteiger partial charge in [-0.1, -0.05) is 6.58 Å². The maximum Gasteiger partial charge on any atom is 0.230 e. The van der Waals surface area contributed by atoms with Gasteiger partial charge in [-0.15, -0.1) is 0 Å². The van der Waals surface area contributed by atoms with Crippen molar-refractivity contribution in [3.63, 3.8) is 0 Å². The van der Waals surface area contributed by atoms with Crippen molar-refractivity contribution in [1.82, 2.24) is 0 Å². The quantitative estimate of drug-likeness (QED) is 0.411. The van der Waals surface area contributed by atoms with Crippen LogP contribution in [0.5, 0.6) is 0 Å². The molecular weight excluding hydrogens is 120 g/mol. The summed E-state index contributed by atoms with van der Waals surface area (Å²) in [6, 6.07) is 0. The van der Waals surface area contributed by atoms with Gasteiger partial charge in [0.1, 0.15) is 6.10 Å². The second-order valence-electron chi connectivity index (χ2n) is 1.45. The van der Waals surface area contributed by atoms with E-state index in [1.165, 1.54) is 0 Å². The zero-order valence-corrected chi connectivity index (χ0v) is 4.83. The molecule has 0 fully saturated rings. The van der Waals surface area contributed by atoms with E-state index in [-0.39, 0.29) is 0 Å². The Morgan fingerprint density at radius 2 is 2.00 bits per heavy atom. The molecule has 0 aliphatic heterocycles. The third kappa shape index (κ3) is 2.19. The first-order chi connectivity index (χ1) is 4.09. The van der Waals surface area contributed by atoms with E-state index in [2.05, 4.69) is 13.5 Å². The standard InChI is InChI=1S/C6H7O3/c1-3-5(8)6(9)4(2)7/h3-4,7H,1-2H2. The highest BCUT2D eigenvalue weighted by Crippen LogP contribution is 1.84. The number of hydrogen-bond donors (Lipinski definition) is 1. The van der Waals surface area contributed by atoms with Crippen LogP contribution in [0.15, 0.2) is 12.7 Å². The smallest absolute Gasteiger partial charge is 0.230 e.